The van der Waals surface area contributed by atoms with E-state index in [-0.39, 0.29) is 11.3 Å². The first-order valence-corrected chi connectivity index (χ1v) is 13.8. The molecule has 3 rings (SSSR count). The molecule has 1 aromatic carbocycles. The first-order valence-electron chi connectivity index (χ1n) is 12.0. The summed E-state index contributed by atoms with van der Waals surface area (Å²) in [6.45, 7) is 6.60. The minimum Gasteiger partial charge on any atom is -0.444 e. The summed E-state index contributed by atoms with van der Waals surface area (Å²) in [5.74, 6) is 1.61. The van der Waals surface area contributed by atoms with Crippen molar-refractivity contribution >= 4 is 40.0 Å². The van der Waals surface area contributed by atoms with Crippen LogP contribution in [0.3, 0.4) is 0 Å². The van der Waals surface area contributed by atoms with E-state index in [1.54, 1.807) is 24.2 Å². The zero-order chi connectivity index (χ0) is 26.0. The Morgan fingerprint density at radius 1 is 1.14 bits per heavy atom. The monoisotopic (exact) mass is 530 g/mol. The highest BCUT2D eigenvalue weighted by molar-refractivity contribution is 8.00. The van der Waals surface area contributed by atoms with Gasteiger partial charge in [0.2, 0.25) is 17.7 Å². The second kappa shape index (κ2) is 13.6. The van der Waals surface area contributed by atoms with Gasteiger partial charge in [-0.05, 0) is 18.4 Å². The van der Waals surface area contributed by atoms with Gasteiger partial charge >= 0.3 is 0 Å². The number of aromatic nitrogens is 2. The fourth-order valence-corrected chi connectivity index (χ4v) is 5.04. The third-order valence-corrected chi connectivity index (χ3v) is 7.44. The Morgan fingerprint density at radius 2 is 1.92 bits per heavy atom. The van der Waals surface area contributed by atoms with E-state index >= 15 is 0 Å². The number of amides is 2. The predicted octanol–water partition coefficient (Wildman–Crippen LogP) is 5.68. The third kappa shape index (κ3) is 9.40. The van der Waals surface area contributed by atoms with E-state index in [1.165, 1.54) is 11.3 Å². The van der Waals surface area contributed by atoms with Crippen LogP contribution in [0.2, 0.25) is 0 Å². The van der Waals surface area contributed by atoms with E-state index in [1.807, 2.05) is 30.3 Å². The van der Waals surface area contributed by atoms with Gasteiger partial charge in [0.05, 0.1) is 29.0 Å². The Bertz CT molecular complexity index is 1110. The van der Waals surface area contributed by atoms with Crippen molar-refractivity contribution in [2.24, 2.45) is 5.73 Å². The van der Waals surface area contributed by atoms with Crippen molar-refractivity contribution in [2.45, 2.75) is 81.0 Å². The van der Waals surface area contributed by atoms with E-state index in [2.05, 4.69) is 36.1 Å². The number of nitrogens with two attached hydrogens (primary N) is 1. The Balaban J connectivity index is 1.31. The van der Waals surface area contributed by atoms with Crippen molar-refractivity contribution in [3.8, 4) is 0 Å². The van der Waals surface area contributed by atoms with Crippen molar-refractivity contribution in [3.05, 3.63) is 59.9 Å². The second-order valence-electron chi connectivity index (χ2n) is 9.48. The quantitative estimate of drug-likeness (QED) is 0.203. The number of thiazole rings is 1. The van der Waals surface area contributed by atoms with Crippen LogP contribution in [0, 0.1) is 0 Å². The van der Waals surface area contributed by atoms with Gasteiger partial charge in [0.1, 0.15) is 11.9 Å². The molecule has 36 heavy (non-hydrogen) atoms. The highest BCUT2D eigenvalue weighted by Crippen LogP contribution is 2.31. The molecule has 194 valence electrons. The summed E-state index contributed by atoms with van der Waals surface area (Å²) in [5, 5.41) is 3.44. The van der Waals surface area contributed by atoms with Crippen LogP contribution >= 0.6 is 23.1 Å². The molecule has 3 aromatic rings. The van der Waals surface area contributed by atoms with Crippen molar-refractivity contribution in [3.63, 3.8) is 0 Å². The first-order chi connectivity index (χ1) is 17.2. The second-order valence-corrected chi connectivity index (χ2v) is 11.8. The molecule has 2 aromatic heterocycles. The minimum atomic E-state index is -0.623. The number of carbonyl (C=O) groups excluding carboxylic acids is 2. The highest BCUT2D eigenvalue weighted by atomic mass is 32.2. The smallest absolute Gasteiger partial charge is 0.246 e. The van der Waals surface area contributed by atoms with E-state index in [0.29, 0.717) is 42.6 Å². The number of primary amides is 1. The zero-order valence-corrected chi connectivity index (χ0v) is 22.6. The average molecular weight is 531 g/mol. The maximum atomic E-state index is 12.3. The number of benzene rings is 1. The molecule has 3 N–H and O–H groups in total. The van der Waals surface area contributed by atoms with E-state index in [9.17, 15) is 9.59 Å². The van der Waals surface area contributed by atoms with Gasteiger partial charge in [-0.2, -0.15) is 0 Å². The molecule has 1 unspecified atom stereocenters. The first kappa shape index (κ1) is 27.9. The summed E-state index contributed by atoms with van der Waals surface area (Å²) < 4.78 is 12.5. The number of oxazole rings is 1. The Morgan fingerprint density at radius 3 is 2.61 bits per heavy atom. The van der Waals surface area contributed by atoms with Crippen LogP contribution in [0.25, 0.3) is 0 Å². The van der Waals surface area contributed by atoms with Gasteiger partial charge in [0.15, 0.2) is 5.13 Å². The van der Waals surface area contributed by atoms with Crippen molar-refractivity contribution in [1.82, 2.24) is 9.97 Å². The van der Waals surface area contributed by atoms with Crippen molar-refractivity contribution < 1.29 is 18.7 Å². The molecule has 0 aliphatic rings. The predicted molar refractivity (Wildman–Crippen MR) is 143 cm³/mol. The van der Waals surface area contributed by atoms with Crippen LogP contribution < -0.4 is 11.1 Å². The Hall–Kier alpha value is -2.69. The fraction of sp³-hybridized carbons (Fsp3) is 0.462. The Kier molecular flexibility index (Phi) is 10.5. The lowest BCUT2D eigenvalue weighted by atomic mass is 9.94. The van der Waals surface area contributed by atoms with Gasteiger partial charge in [-0.3, -0.25) is 9.59 Å². The molecule has 2 heterocycles. The van der Waals surface area contributed by atoms with Crippen molar-refractivity contribution in [1.29, 1.82) is 0 Å². The number of rotatable bonds is 14. The third-order valence-electron chi connectivity index (χ3n) is 5.34. The van der Waals surface area contributed by atoms with Crippen LogP contribution in [-0.2, 0) is 32.1 Å². The summed E-state index contributed by atoms with van der Waals surface area (Å²) in [6, 6.07) is 9.67. The molecule has 0 saturated carbocycles. The number of thioether (sulfide) groups is 1. The fourth-order valence-electron chi connectivity index (χ4n) is 3.29. The number of ether oxygens (including phenoxy) is 1. The maximum absolute atomic E-state index is 12.3. The van der Waals surface area contributed by atoms with Gasteiger partial charge in [0.25, 0.3) is 0 Å². The topological polar surface area (TPSA) is 120 Å². The molecule has 0 aliphatic heterocycles. The van der Waals surface area contributed by atoms with Gasteiger partial charge < -0.3 is 20.2 Å². The molecule has 0 spiro atoms. The summed E-state index contributed by atoms with van der Waals surface area (Å²) in [5.41, 5.74) is 6.41. The number of hydrogen-bond donors (Lipinski definition) is 2. The van der Waals surface area contributed by atoms with Gasteiger partial charge in [-0.25, -0.2) is 9.97 Å². The summed E-state index contributed by atoms with van der Waals surface area (Å²) in [7, 11) is 0. The number of anilines is 1. The molecular weight excluding hydrogens is 496 g/mol. The largest absolute Gasteiger partial charge is 0.444 e. The number of unbranched alkanes of at least 4 members (excludes halogenated alkanes) is 2. The SMILES string of the molecule is CC(C)(C)c1cnc(CSc2cnc(NC(=O)CCCCCC(OCc3ccccc3)C(N)=O)s2)o1. The van der Waals surface area contributed by atoms with Gasteiger partial charge in [-0.1, -0.05) is 75.3 Å². The van der Waals surface area contributed by atoms with Crippen molar-refractivity contribution in [2.75, 3.05) is 5.32 Å². The lowest BCUT2D eigenvalue weighted by molar-refractivity contribution is -0.130. The Labute approximate surface area is 220 Å². The number of nitrogens with zero attached hydrogens (tertiary/aromatic N) is 2. The van der Waals surface area contributed by atoms with E-state index in [0.717, 1.165) is 28.4 Å². The molecular formula is C26H34N4O4S2. The lowest BCUT2D eigenvalue weighted by Crippen LogP contribution is -2.31. The van der Waals surface area contributed by atoms with Gasteiger partial charge in [-0.15, -0.1) is 11.8 Å². The van der Waals surface area contributed by atoms with Crippen LogP contribution in [0.1, 0.15) is 70.1 Å². The van der Waals surface area contributed by atoms with E-state index in [4.69, 9.17) is 14.9 Å². The molecule has 0 fully saturated rings. The molecule has 2 amide bonds. The molecule has 10 heteroatoms. The highest BCUT2D eigenvalue weighted by Gasteiger charge is 2.19. The minimum absolute atomic E-state index is 0.0719. The molecule has 8 nitrogen and oxygen atoms in total. The number of carbonyl (C=O) groups is 2. The average Bonchev–Trinajstić information content (AvgIpc) is 3.49. The van der Waals surface area contributed by atoms with Gasteiger partial charge in [0, 0.05) is 11.8 Å². The van der Waals surface area contributed by atoms with Crippen LogP contribution in [0.5, 0.6) is 0 Å². The summed E-state index contributed by atoms with van der Waals surface area (Å²) >= 11 is 3.01. The summed E-state index contributed by atoms with van der Waals surface area (Å²) in [4.78, 5) is 32.6. The normalized spacial score (nSPS) is 12.4. The molecule has 1 atom stereocenters. The number of hydrogen-bond acceptors (Lipinski definition) is 8. The standard InChI is InChI=1S/C26H34N4O4S2/c1-26(2,3)20-14-28-22(34-20)17-35-23-15-29-25(36-23)30-21(31)13-9-5-8-12-19(24(27)32)33-16-18-10-6-4-7-11-18/h4,6-7,10-11,14-15,19H,5,8-9,12-13,16-17H2,1-3H3,(H2,27,32)(H,29,30,31). The van der Waals surface area contributed by atoms with Crippen LogP contribution in [0.15, 0.2) is 51.4 Å². The molecule has 0 bridgehead atoms. The maximum Gasteiger partial charge on any atom is 0.246 e. The zero-order valence-electron chi connectivity index (χ0n) is 21.0. The lowest BCUT2D eigenvalue weighted by Gasteiger charge is -2.14. The van der Waals surface area contributed by atoms with Crippen LogP contribution in [-0.4, -0.2) is 27.9 Å². The molecule has 0 radical (unpaired) electrons. The molecule has 0 saturated heterocycles. The summed E-state index contributed by atoms with van der Waals surface area (Å²) in [6.07, 6.45) is 6.10. The van der Waals surface area contributed by atoms with E-state index < -0.39 is 12.0 Å². The number of nitrogens with one attached hydrogen (secondary N) is 1. The van der Waals surface area contributed by atoms with Crippen LogP contribution in [0.4, 0.5) is 5.13 Å². The molecule has 0 aliphatic carbocycles.